The van der Waals surface area contributed by atoms with Crippen LogP contribution in [0.3, 0.4) is 0 Å². The van der Waals surface area contributed by atoms with Crippen LogP contribution in [0.5, 0.6) is 5.75 Å². The second kappa shape index (κ2) is 6.52. The Hall–Kier alpha value is -1.93. The van der Waals surface area contributed by atoms with Gasteiger partial charge in [0.15, 0.2) is 9.84 Å². The second-order valence-electron chi connectivity index (χ2n) is 5.74. The number of sulfone groups is 1. The summed E-state index contributed by atoms with van der Waals surface area (Å²) in [6.45, 7) is 1.78. The Morgan fingerprint density at radius 1 is 1.42 bits per heavy atom. The van der Waals surface area contributed by atoms with Gasteiger partial charge in [0.25, 0.3) is 5.91 Å². The lowest BCUT2D eigenvalue weighted by molar-refractivity contribution is 0.0944. The number of carbonyl (C=O) groups excluding carboxylic acids is 1. The number of nitrogens with one attached hydrogen (secondary N) is 1. The van der Waals surface area contributed by atoms with Gasteiger partial charge in [-0.15, -0.1) is 11.3 Å². The maximum Gasteiger partial charge on any atom is 0.263 e. The fourth-order valence-corrected chi connectivity index (χ4v) is 5.29. The summed E-state index contributed by atoms with van der Waals surface area (Å²) < 4.78 is 28.2. The van der Waals surface area contributed by atoms with Gasteiger partial charge in [0.05, 0.1) is 24.3 Å². The van der Waals surface area contributed by atoms with Gasteiger partial charge < -0.3 is 10.1 Å². The van der Waals surface area contributed by atoms with Crippen molar-refractivity contribution in [1.29, 1.82) is 0 Å². The molecule has 0 bridgehead atoms. The molecule has 0 aliphatic carbocycles. The van der Waals surface area contributed by atoms with Gasteiger partial charge in [-0.2, -0.15) is 0 Å². The average molecular weight is 366 g/mol. The van der Waals surface area contributed by atoms with Crippen molar-refractivity contribution >= 4 is 27.1 Å². The van der Waals surface area contributed by atoms with E-state index in [1.54, 1.807) is 14.0 Å². The lowest BCUT2D eigenvalue weighted by atomic mass is 10.2. The zero-order chi connectivity index (χ0) is 17.3. The predicted molar refractivity (Wildman–Crippen MR) is 93.4 cm³/mol. The van der Waals surface area contributed by atoms with E-state index >= 15 is 0 Å². The van der Waals surface area contributed by atoms with Gasteiger partial charge in [0.2, 0.25) is 0 Å². The number of hydrogen-bond donors (Lipinski definition) is 1. The minimum atomic E-state index is -3.02. The van der Waals surface area contributed by atoms with Crippen molar-refractivity contribution in [3.63, 3.8) is 0 Å². The first-order valence-corrected chi connectivity index (χ1v) is 10.1. The van der Waals surface area contributed by atoms with Crippen molar-refractivity contribution in [3.05, 3.63) is 34.8 Å². The molecule has 1 amide bonds. The molecule has 1 N–H and O–H groups in total. The van der Waals surface area contributed by atoms with Crippen LogP contribution in [-0.2, 0) is 9.84 Å². The zero-order valence-electron chi connectivity index (χ0n) is 13.4. The molecule has 1 fully saturated rings. The molecule has 1 atom stereocenters. The third-order valence-corrected chi connectivity index (χ3v) is 6.86. The number of aryl methyl sites for hydroxylation is 1. The molecule has 1 aliphatic rings. The number of ether oxygens (including phenoxy) is 1. The van der Waals surface area contributed by atoms with E-state index in [0.29, 0.717) is 17.0 Å². The van der Waals surface area contributed by atoms with Crippen LogP contribution in [-0.4, -0.2) is 44.0 Å². The third kappa shape index (κ3) is 3.59. The van der Waals surface area contributed by atoms with Gasteiger partial charge in [-0.25, -0.2) is 13.4 Å². The van der Waals surface area contributed by atoms with Gasteiger partial charge in [-0.05, 0) is 25.5 Å². The fourth-order valence-electron chi connectivity index (χ4n) is 2.65. The predicted octanol–water partition coefficient (Wildman–Crippen LogP) is 2.04. The van der Waals surface area contributed by atoms with Gasteiger partial charge in [-0.3, -0.25) is 4.79 Å². The van der Waals surface area contributed by atoms with E-state index in [0.717, 1.165) is 16.3 Å². The lowest BCUT2D eigenvalue weighted by Gasteiger charge is -2.09. The van der Waals surface area contributed by atoms with E-state index in [4.69, 9.17) is 4.74 Å². The normalized spacial score (nSPS) is 19.2. The summed E-state index contributed by atoms with van der Waals surface area (Å²) in [5, 5.41) is 3.54. The SMILES string of the molecule is COc1cccc(-c2nc(C)c(C(=O)NC3CCS(=O)(=O)C3)s2)c1. The zero-order valence-corrected chi connectivity index (χ0v) is 15.0. The first-order valence-electron chi connectivity index (χ1n) is 7.51. The molecule has 128 valence electrons. The van der Waals surface area contributed by atoms with Crippen LogP contribution in [0.1, 0.15) is 21.8 Å². The molecule has 3 rings (SSSR count). The molecular weight excluding hydrogens is 348 g/mol. The number of rotatable bonds is 4. The maximum absolute atomic E-state index is 12.4. The first-order chi connectivity index (χ1) is 11.4. The van der Waals surface area contributed by atoms with Gasteiger partial charge in [0.1, 0.15) is 15.6 Å². The number of hydrogen-bond acceptors (Lipinski definition) is 6. The summed E-state index contributed by atoms with van der Waals surface area (Å²) in [6, 6.07) is 7.17. The average Bonchev–Trinajstić information content (AvgIpc) is 3.09. The second-order valence-corrected chi connectivity index (χ2v) is 8.97. The van der Waals surface area contributed by atoms with E-state index in [1.807, 2.05) is 24.3 Å². The molecule has 1 aromatic carbocycles. The topological polar surface area (TPSA) is 85.4 Å². The summed E-state index contributed by atoms with van der Waals surface area (Å²) >= 11 is 1.30. The summed E-state index contributed by atoms with van der Waals surface area (Å²) in [6.07, 6.45) is 0.467. The molecule has 1 unspecified atom stereocenters. The summed E-state index contributed by atoms with van der Waals surface area (Å²) in [5.41, 5.74) is 1.51. The smallest absolute Gasteiger partial charge is 0.263 e. The number of nitrogens with zero attached hydrogens (tertiary/aromatic N) is 1. The number of carbonyl (C=O) groups is 1. The highest BCUT2D eigenvalue weighted by Gasteiger charge is 2.30. The highest BCUT2D eigenvalue weighted by molar-refractivity contribution is 7.91. The van der Waals surface area contributed by atoms with Crippen LogP contribution < -0.4 is 10.1 Å². The quantitative estimate of drug-likeness (QED) is 0.895. The highest BCUT2D eigenvalue weighted by Crippen LogP contribution is 2.30. The van der Waals surface area contributed by atoms with Crippen LogP contribution in [0.25, 0.3) is 10.6 Å². The largest absolute Gasteiger partial charge is 0.497 e. The minimum Gasteiger partial charge on any atom is -0.497 e. The Balaban J connectivity index is 1.79. The fraction of sp³-hybridized carbons (Fsp3) is 0.375. The van der Waals surface area contributed by atoms with E-state index in [9.17, 15) is 13.2 Å². The minimum absolute atomic E-state index is 0.0132. The van der Waals surface area contributed by atoms with E-state index in [2.05, 4.69) is 10.3 Å². The summed E-state index contributed by atoms with van der Waals surface area (Å²) in [5.74, 6) is 0.609. The summed E-state index contributed by atoms with van der Waals surface area (Å²) in [4.78, 5) is 17.4. The monoisotopic (exact) mass is 366 g/mol. The van der Waals surface area contributed by atoms with Crippen LogP contribution in [0.4, 0.5) is 0 Å². The van der Waals surface area contributed by atoms with Crippen molar-refractivity contribution in [1.82, 2.24) is 10.3 Å². The van der Waals surface area contributed by atoms with Crippen molar-refractivity contribution in [2.24, 2.45) is 0 Å². The summed E-state index contributed by atoms with van der Waals surface area (Å²) in [7, 11) is -1.42. The molecule has 2 heterocycles. The molecule has 1 saturated heterocycles. The van der Waals surface area contributed by atoms with E-state index in [1.165, 1.54) is 11.3 Å². The molecule has 1 aliphatic heterocycles. The van der Waals surface area contributed by atoms with Gasteiger partial charge >= 0.3 is 0 Å². The Morgan fingerprint density at radius 2 is 2.21 bits per heavy atom. The molecule has 0 saturated carbocycles. The molecule has 6 nitrogen and oxygen atoms in total. The van der Waals surface area contributed by atoms with Gasteiger partial charge in [0, 0.05) is 11.6 Å². The van der Waals surface area contributed by atoms with Crippen molar-refractivity contribution in [3.8, 4) is 16.3 Å². The number of methoxy groups -OCH3 is 1. The molecule has 8 heteroatoms. The van der Waals surface area contributed by atoms with Crippen LogP contribution in [0.2, 0.25) is 0 Å². The Labute approximate surface area is 144 Å². The molecule has 2 aromatic rings. The molecular formula is C16H18N2O4S2. The molecule has 1 aromatic heterocycles. The van der Waals surface area contributed by atoms with Crippen LogP contribution >= 0.6 is 11.3 Å². The number of thiazole rings is 1. The van der Waals surface area contributed by atoms with Crippen molar-refractivity contribution < 1.29 is 17.9 Å². The molecule has 24 heavy (non-hydrogen) atoms. The Bertz CT molecular complexity index is 874. The van der Waals surface area contributed by atoms with Crippen molar-refractivity contribution in [2.45, 2.75) is 19.4 Å². The van der Waals surface area contributed by atoms with E-state index in [-0.39, 0.29) is 23.5 Å². The first kappa shape index (κ1) is 16.9. The van der Waals surface area contributed by atoms with Crippen molar-refractivity contribution in [2.75, 3.05) is 18.6 Å². The van der Waals surface area contributed by atoms with E-state index < -0.39 is 9.84 Å². The molecule has 0 radical (unpaired) electrons. The highest BCUT2D eigenvalue weighted by atomic mass is 32.2. The maximum atomic E-state index is 12.4. The molecule has 0 spiro atoms. The van der Waals surface area contributed by atoms with Crippen LogP contribution in [0, 0.1) is 6.92 Å². The third-order valence-electron chi connectivity index (χ3n) is 3.89. The number of aromatic nitrogens is 1. The Morgan fingerprint density at radius 3 is 2.88 bits per heavy atom. The Kier molecular flexibility index (Phi) is 4.60. The van der Waals surface area contributed by atoms with Gasteiger partial charge in [-0.1, -0.05) is 12.1 Å². The lowest BCUT2D eigenvalue weighted by Crippen LogP contribution is -2.35. The standard InChI is InChI=1S/C16H18N2O4S2/c1-10-14(15(19)18-12-6-7-24(20,21)9-12)23-16(17-10)11-4-3-5-13(8-11)22-2/h3-5,8,12H,6-7,9H2,1-2H3,(H,18,19). The number of amides is 1. The number of benzene rings is 1. The van der Waals surface area contributed by atoms with Crippen LogP contribution in [0.15, 0.2) is 24.3 Å².